The second-order valence-electron chi connectivity index (χ2n) is 5.50. The van der Waals surface area contributed by atoms with Gasteiger partial charge in [0.2, 0.25) is 5.91 Å². The molecule has 0 radical (unpaired) electrons. The van der Waals surface area contributed by atoms with E-state index in [-0.39, 0.29) is 18.3 Å². The fraction of sp³-hybridized carbons (Fsp3) is 0.429. The summed E-state index contributed by atoms with van der Waals surface area (Å²) < 4.78 is 1.10. The number of fused-ring (bicyclic) bond motifs is 1. The highest BCUT2D eigenvalue weighted by atomic mass is 35.5. The van der Waals surface area contributed by atoms with Crippen molar-refractivity contribution in [3.63, 3.8) is 0 Å². The molecule has 3 rings (SSSR count). The number of nitrogens with one attached hydrogen (secondary N) is 1. The molecule has 20 heavy (non-hydrogen) atoms. The van der Waals surface area contributed by atoms with Crippen molar-refractivity contribution >= 4 is 45.6 Å². The lowest BCUT2D eigenvalue weighted by atomic mass is 10.2. The number of nitrogens with two attached hydrogens (primary N) is 1. The monoisotopic (exact) mass is 311 g/mol. The summed E-state index contributed by atoms with van der Waals surface area (Å²) in [6.07, 6.45) is 1.55. The summed E-state index contributed by atoms with van der Waals surface area (Å²) >= 11 is 1.68. The molecule has 1 heterocycles. The van der Waals surface area contributed by atoms with E-state index in [1.54, 1.807) is 11.3 Å². The standard InChI is InChI=1S/C14H17N3OS.ClH/c1-8(2)12-17-10-4-3-9(7-11(10)19-12)16-13(18)14(15)5-6-14;/h3-4,7-8H,5-6,15H2,1-2H3,(H,16,18);1H. The maximum absolute atomic E-state index is 11.9. The number of anilines is 1. The largest absolute Gasteiger partial charge is 0.324 e. The number of hydrogen-bond acceptors (Lipinski definition) is 4. The van der Waals surface area contributed by atoms with Crippen molar-refractivity contribution < 1.29 is 4.79 Å². The summed E-state index contributed by atoms with van der Waals surface area (Å²) in [4.78, 5) is 16.5. The Balaban J connectivity index is 0.00000147. The first kappa shape index (κ1) is 15.2. The van der Waals surface area contributed by atoms with Gasteiger partial charge in [0.1, 0.15) is 0 Å². The molecule has 3 N–H and O–H groups in total. The maximum atomic E-state index is 11.9. The third-order valence-corrected chi connectivity index (χ3v) is 4.72. The number of amides is 1. The average Bonchev–Trinajstić information content (AvgIpc) is 2.97. The quantitative estimate of drug-likeness (QED) is 0.914. The van der Waals surface area contributed by atoms with E-state index in [1.807, 2.05) is 18.2 Å². The molecule has 1 aromatic carbocycles. The Morgan fingerprint density at radius 2 is 2.15 bits per heavy atom. The zero-order valence-corrected chi connectivity index (χ0v) is 13.1. The fourth-order valence-electron chi connectivity index (χ4n) is 1.88. The van der Waals surface area contributed by atoms with E-state index < -0.39 is 5.54 Å². The van der Waals surface area contributed by atoms with Crippen LogP contribution in [0.2, 0.25) is 0 Å². The van der Waals surface area contributed by atoms with Crippen molar-refractivity contribution in [2.45, 2.75) is 38.1 Å². The molecule has 4 nitrogen and oxygen atoms in total. The van der Waals surface area contributed by atoms with Gasteiger partial charge in [-0.3, -0.25) is 4.79 Å². The number of aromatic nitrogens is 1. The molecule has 1 fully saturated rings. The van der Waals surface area contributed by atoms with Crippen molar-refractivity contribution in [1.29, 1.82) is 0 Å². The Hall–Kier alpha value is -1.17. The zero-order valence-electron chi connectivity index (χ0n) is 11.5. The molecule has 2 aromatic rings. The summed E-state index contributed by atoms with van der Waals surface area (Å²) in [6.45, 7) is 4.26. The van der Waals surface area contributed by atoms with Crippen LogP contribution in [0.4, 0.5) is 5.69 Å². The first-order valence-corrected chi connectivity index (χ1v) is 7.30. The van der Waals surface area contributed by atoms with Crippen LogP contribution in [0.5, 0.6) is 0 Å². The predicted octanol–water partition coefficient (Wildman–Crippen LogP) is 3.27. The molecule has 1 aliphatic rings. The Bertz CT molecular complexity index is 649. The van der Waals surface area contributed by atoms with E-state index in [4.69, 9.17) is 5.73 Å². The van der Waals surface area contributed by atoms with Crippen molar-refractivity contribution in [1.82, 2.24) is 4.98 Å². The molecule has 0 unspecified atom stereocenters. The number of rotatable bonds is 3. The molecule has 0 saturated heterocycles. The van der Waals surface area contributed by atoms with E-state index in [0.717, 1.165) is 33.8 Å². The second kappa shape index (κ2) is 5.31. The van der Waals surface area contributed by atoms with Gasteiger partial charge in [0.15, 0.2) is 0 Å². The van der Waals surface area contributed by atoms with E-state index in [2.05, 4.69) is 24.1 Å². The SMILES string of the molecule is CC(C)c1nc2ccc(NC(=O)C3(N)CC3)cc2s1.Cl. The molecule has 1 saturated carbocycles. The van der Waals surface area contributed by atoms with E-state index in [1.165, 1.54) is 0 Å². The lowest BCUT2D eigenvalue weighted by Crippen LogP contribution is -2.37. The molecule has 1 aromatic heterocycles. The zero-order chi connectivity index (χ0) is 13.6. The van der Waals surface area contributed by atoms with Crippen LogP contribution in [0.1, 0.15) is 37.6 Å². The lowest BCUT2D eigenvalue weighted by molar-refractivity contribution is -0.118. The normalized spacial score (nSPS) is 16.0. The van der Waals surface area contributed by atoms with E-state index in [0.29, 0.717) is 5.92 Å². The smallest absolute Gasteiger partial charge is 0.244 e. The number of carbonyl (C=O) groups is 1. The molecule has 0 bridgehead atoms. The average molecular weight is 312 g/mol. The molecule has 0 atom stereocenters. The van der Waals surface area contributed by atoms with Crippen molar-refractivity contribution in [2.75, 3.05) is 5.32 Å². The Morgan fingerprint density at radius 1 is 1.45 bits per heavy atom. The summed E-state index contributed by atoms with van der Waals surface area (Å²) in [5.74, 6) is 0.342. The minimum atomic E-state index is -0.633. The van der Waals surface area contributed by atoms with Crippen LogP contribution in [0.3, 0.4) is 0 Å². The van der Waals surface area contributed by atoms with E-state index >= 15 is 0 Å². The maximum Gasteiger partial charge on any atom is 0.244 e. The summed E-state index contributed by atoms with van der Waals surface area (Å²) in [6, 6.07) is 5.81. The van der Waals surface area contributed by atoms with Gasteiger partial charge in [-0.05, 0) is 31.0 Å². The van der Waals surface area contributed by atoms with Gasteiger partial charge >= 0.3 is 0 Å². The number of nitrogens with zero attached hydrogens (tertiary/aromatic N) is 1. The van der Waals surface area contributed by atoms with Gasteiger partial charge in [0.05, 0.1) is 20.8 Å². The minimum Gasteiger partial charge on any atom is -0.324 e. The Labute approximate surface area is 128 Å². The topological polar surface area (TPSA) is 68.0 Å². The van der Waals surface area contributed by atoms with Crippen LogP contribution in [0.15, 0.2) is 18.2 Å². The van der Waals surface area contributed by atoms with Crippen molar-refractivity contribution in [3.8, 4) is 0 Å². The van der Waals surface area contributed by atoms with Crippen LogP contribution >= 0.6 is 23.7 Å². The molecular formula is C14H18ClN3OS. The minimum absolute atomic E-state index is 0. The number of thiazole rings is 1. The highest BCUT2D eigenvalue weighted by Crippen LogP contribution is 2.34. The van der Waals surface area contributed by atoms with Crippen LogP contribution in [-0.4, -0.2) is 16.4 Å². The van der Waals surface area contributed by atoms with Crippen LogP contribution < -0.4 is 11.1 Å². The van der Waals surface area contributed by atoms with Crippen molar-refractivity contribution in [2.24, 2.45) is 5.73 Å². The van der Waals surface area contributed by atoms with E-state index in [9.17, 15) is 4.79 Å². The number of carbonyl (C=O) groups excluding carboxylic acids is 1. The molecule has 1 amide bonds. The molecule has 6 heteroatoms. The predicted molar refractivity (Wildman–Crippen MR) is 85.7 cm³/mol. The van der Waals surface area contributed by atoms with Crippen LogP contribution in [0, 0.1) is 0 Å². The van der Waals surface area contributed by atoms with Crippen LogP contribution in [-0.2, 0) is 4.79 Å². The lowest BCUT2D eigenvalue weighted by Gasteiger charge is -2.09. The molecular weight excluding hydrogens is 294 g/mol. The third kappa shape index (κ3) is 2.80. The fourth-order valence-corrected chi connectivity index (χ4v) is 2.89. The highest BCUT2D eigenvalue weighted by Gasteiger charge is 2.45. The summed E-state index contributed by atoms with van der Waals surface area (Å²) in [5.41, 5.74) is 7.03. The Kier molecular flexibility index (Phi) is 4.04. The first-order valence-electron chi connectivity index (χ1n) is 6.49. The number of hydrogen-bond donors (Lipinski definition) is 2. The van der Waals surface area contributed by atoms with Gasteiger partial charge < -0.3 is 11.1 Å². The van der Waals surface area contributed by atoms with Gasteiger partial charge in [-0.15, -0.1) is 23.7 Å². The van der Waals surface area contributed by atoms with Gasteiger partial charge in [-0.1, -0.05) is 13.8 Å². The summed E-state index contributed by atoms with van der Waals surface area (Å²) in [7, 11) is 0. The van der Waals surface area contributed by atoms with Gasteiger partial charge in [-0.2, -0.15) is 0 Å². The Morgan fingerprint density at radius 3 is 2.75 bits per heavy atom. The number of halogens is 1. The number of benzene rings is 1. The summed E-state index contributed by atoms with van der Waals surface area (Å²) in [5, 5.41) is 4.01. The second-order valence-corrected chi connectivity index (χ2v) is 6.56. The molecule has 0 aliphatic heterocycles. The molecule has 0 spiro atoms. The van der Waals surface area contributed by atoms with Gasteiger partial charge in [0, 0.05) is 11.6 Å². The van der Waals surface area contributed by atoms with Gasteiger partial charge in [-0.25, -0.2) is 4.98 Å². The molecule has 1 aliphatic carbocycles. The van der Waals surface area contributed by atoms with Gasteiger partial charge in [0.25, 0.3) is 0 Å². The van der Waals surface area contributed by atoms with Crippen LogP contribution in [0.25, 0.3) is 10.2 Å². The molecule has 108 valence electrons. The highest BCUT2D eigenvalue weighted by molar-refractivity contribution is 7.18. The van der Waals surface area contributed by atoms with Crippen molar-refractivity contribution in [3.05, 3.63) is 23.2 Å². The third-order valence-electron chi connectivity index (χ3n) is 3.40. The first-order chi connectivity index (χ1) is 8.98.